The van der Waals surface area contributed by atoms with E-state index in [1.165, 1.54) is 0 Å². The normalized spacial score (nSPS) is 12.6. The predicted molar refractivity (Wildman–Crippen MR) is 47.4 cm³/mol. The first-order valence-electron chi connectivity index (χ1n) is 3.79. The molecule has 0 aliphatic carbocycles. The third kappa shape index (κ3) is 4.37. The second kappa shape index (κ2) is 6.61. The summed E-state index contributed by atoms with van der Waals surface area (Å²) in [6.45, 7) is 4.26. The summed E-state index contributed by atoms with van der Waals surface area (Å²) in [7, 11) is 0. The Bertz CT molecular complexity index is 119. The topological polar surface area (TPSA) is 38.3 Å². The van der Waals surface area contributed by atoms with Gasteiger partial charge in [0.2, 0.25) is 0 Å². The largest absolute Gasteiger partial charge is 0.465 e. The molecule has 0 bridgehead atoms. The Balaban J connectivity index is 3.71. The number of ether oxygens (including phenoxy) is 1. The Morgan fingerprint density at radius 2 is 2.27 bits per heavy atom. The van der Waals surface area contributed by atoms with Crippen molar-refractivity contribution < 1.29 is 9.53 Å². The minimum absolute atomic E-state index is 0.189. The van der Waals surface area contributed by atoms with Crippen LogP contribution in [-0.2, 0) is 9.53 Å². The van der Waals surface area contributed by atoms with Crippen molar-refractivity contribution in [2.24, 2.45) is 0 Å². The molecule has 0 aromatic rings. The van der Waals surface area contributed by atoms with E-state index in [0.29, 0.717) is 6.61 Å². The molecular weight excluding hydrogens is 210 g/mol. The highest BCUT2D eigenvalue weighted by Gasteiger charge is 2.16. The Hall–Kier alpha value is -0.0900. The van der Waals surface area contributed by atoms with Crippen LogP contribution in [0.2, 0.25) is 0 Å². The highest BCUT2D eigenvalue weighted by molar-refractivity contribution is 9.08. The molecule has 0 aromatic carbocycles. The summed E-state index contributed by atoms with van der Waals surface area (Å²) >= 11 is 3.04. The van der Waals surface area contributed by atoms with E-state index in [1.54, 1.807) is 6.92 Å². The van der Waals surface area contributed by atoms with Gasteiger partial charge in [0, 0.05) is 16.1 Å². The Kier molecular flexibility index (Phi) is 6.56. The fraction of sp³-hybridized carbons (Fsp3) is 0.857. The van der Waals surface area contributed by atoms with E-state index >= 15 is 0 Å². The van der Waals surface area contributed by atoms with Crippen molar-refractivity contribution in [3.63, 3.8) is 0 Å². The summed E-state index contributed by atoms with van der Waals surface area (Å²) < 4.78 is 7.54. The lowest BCUT2D eigenvalue weighted by Gasteiger charge is -2.11. The van der Waals surface area contributed by atoms with Gasteiger partial charge in [0.15, 0.2) is 0 Å². The number of hydrogen-bond donors (Lipinski definition) is 1. The van der Waals surface area contributed by atoms with Gasteiger partial charge in [-0.1, -0.05) is 13.3 Å². The number of esters is 1. The van der Waals surface area contributed by atoms with Crippen LogP contribution in [0.5, 0.6) is 0 Å². The van der Waals surface area contributed by atoms with Gasteiger partial charge in [0.25, 0.3) is 0 Å². The van der Waals surface area contributed by atoms with Crippen LogP contribution in [0.25, 0.3) is 0 Å². The number of carbonyl (C=O) groups excluding carboxylic acids is 1. The quantitative estimate of drug-likeness (QED) is 0.569. The monoisotopic (exact) mass is 223 g/mol. The molecule has 0 spiro atoms. The highest BCUT2D eigenvalue weighted by atomic mass is 79.9. The fourth-order valence-electron chi connectivity index (χ4n) is 0.748. The van der Waals surface area contributed by atoms with E-state index in [1.807, 2.05) is 6.92 Å². The van der Waals surface area contributed by atoms with Crippen LogP contribution in [0.4, 0.5) is 0 Å². The Morgan fingerprint density at radius 1 is 1.64 bits per heavy atom. The van der Waals surface area contributed by atoms with E-state index in [4.69, 9.17) is 4.74 Å². The van der Waals surface area contributed by atoms with Crippen molar-refractivity contribution in [3.05, 3.63) is 0 Å². The van der Waals surface area contributed by atoms with Gasteiger partial charge < -0.3 is 4.74 Å². The van der Waals surface area contributed by atoms with Crippen LogP contribution in [-0.4, -0.2) is 18.6 Å². The van der Waals surface area contributed by atoms with Crippen molar-refractivity contribution in [1.82, 2.24) is 4.34 Å². The van der Waals surface area contributed by atoms with Crippen LogP contribution < -0.4 is 4.34 Å². The summed E-state index contributed by atoms with van der Waals surface area (Å²) in [4.78, 5) is 11.0. The zero-order valence-corrected chi connectivity index (χ0v) is 8.48. The number of hydrogen-bond acceptors (Lipinski definition) is 3. The van der Waals surface area contributed by atoms with Crippen molar-refractivity contribution in [2.75, 3.05) is 6.61 Å². The zero-order chi connectivity index (χ0) is 8.69. The first-order valence-corrected chi connectivity index (χ1v) is 4.58. The molecule has 0 radical (unpaired) electrons. The van der Waals surface area contributed by atoms with Gasteiger partial charge in [-0.3, -0.25) is 4.79 Å². The van der Waals surface area contributed by atoms with Gasteiger partial charge in [-0.25, -0.2) is 4.34 Å². The van der Waals surface area contributed by atoms with Crippen molar-refractivity contribution in [3.8, 4) is 0 Å². The molecule has 0 aromatic heterocycles. The number of halogens is 1. The van der Waals surface area contributed by atoms with Crippen molar-refractivity contribution in [2.45, 2.75) is 32.7 Å². The summed E-state index contributed by atoms with van der Waals surface area (Å²) in [5, 5.41) is 0. The van der Waals surface area contributed by atoms with Crippen molar-refractivity contribution >= 4 is 22.1 Å². The standard InChI is InChI=1S/C7H14BrNO2/c1-3-5-6(9-8)7(10)11-4-2/h6,9H,3-5H2,1-2H3/t6-/m0/s1. The fourth-order valence-corrected chi connectivity index (χ4v) is 1.16. The Morgan fingerprint density at radius 3 is 2.64 bits per heavy atom. The zero-order valence-electron chi connectivity index (χ0n) is 6.89. The smallest absolute Gasteiger partial charge is 0.323 e. The molecule has 0 saturated heterocycles. The van der Waals surface area contributed by atoms with E-state index in [-0.39, 0.29) is 12.0 Å². The van der Waals surface area contributed by atoms with Gasteiger partial charge in [0.05, 0.1) is 6.61 Å². The molecule has 4 heteroatoms. The minimum Gasteiger partial charge on any atom is -0.465 e. The van der Waals surface area contributed by atoms with Crippen LogP contribution in [0, 0.1) is 0 Å². The van der Waals surface area contributed by atoms with Gasteiger partial charge in [-0.05, 0) is 13.3 Å². The average molecular weight is 224 g/mol. The third-order valence-electron chi connectivity index (χ3n) is 1.28. The number of rotatable bonds is 5. The molecule has 0 aliphatic heterocycles. The second-order valence-corrected chi connectivity index (χ2v) is 2.66. The summed E-state index contributed by atoms with van der Waals surface area (Å²) in [5.74, 6) is -0.189. The van der Waals surface area contributed by atoms with Gasteiger partial charge in [-0.15, -0.1) is 0 Å². The first kappa shape index (κ1) is 10.9. The van der Waals surface area contributed by atoms with Gasteiger partial charge >= 0.3 is 5.97 Å². The second-order valence-electron chi connectivity index (χ2n) is 2.20. The molecule has 0 unspecified atom stereocenters. The van der Waals surface area contributed by atoms with Crippen LogP contribution >= 0.6 is 16.1 Å². The highest BCUT2D eigenvalue weighted by Crippen LogP contribution is 2.00. The molecule has 1 N–H and O–H groups in total. The van der Waals surface area contributed by atoms with Gasteiger partial charge in [0.1, 0.15) is 6.04 Å². The summed E-state index contributed by atoms with van der Waals surface area (Å²) in [6, 6.07) is -0.208. The number of nitrogens with one attached hydrogen (secondary N) is 1. The first-order chi connectivity index (χ1) is 5.26. The molecule has 0 heterocycles. The summed E-state index contributed by atoms with van der Waals surface area (Å²) in [6.07, 6.45) is 1.76. The maximum Gasteiger partial charge on any atom is 0.323 e. The molecule has 3 nitrogen and oxygen atoms in total. The maximum atomic E-state index is 11.0. The molecular formula is C7H14BrNO2. The molecule has 0 fully saturated rings. The van der Waals surface area contributed by atoms with E-state index < -0.39 is 0 Å². The molecule has 66 valence electrons. The van der Waals surface area contributed by atoms with Crippen LogP contribution in [0.3, 0.4) is 0 Å². The van der Waals surface area contributed by atoms with E-state index in [9.17, 15) is 4.79 Å². The molecule has 1 atom stereocenters. The predicted octanol–water partition coefficient (Wildman–Crippen LogP) is 1.62. The van der Waals surface area contributed by atoms with Crippen LogP contribution in [0.15, 0.2) is 0 Å². The lowest BCUT2D eigenvalue weighted by molar-refractivity contribution is -0.145. The molecule has 0 saturated carbocycles. The van der Waals surface area contributed by atoms with Gasteiger partial charge in [-0.2, -0.15) is 0 Å². The summed E-state index contributed by atoms with van der Waals surface area (Å²) in [5.41, 5.74) is 0. The molecule has 0 rings (SSSR count). The van der Waals surface area contributed by atoms with Crippen LogP contribution in [0.1, 0.15) is 26.7 Å². The molecule has 11 heavy (non-hydrogen) atoms. The third-order valence-corrected chi connectivity index (χ3v) is 1.83. The SMILES string of the molecule is CCC[C@H](NBr)C(=O)OCC. The number of carbonyl (C=O) groups is 1. The average Bonchev–Trinajstić information content (AvgIpc) is 2.00. The van der Waals surface area contributed by atoms with Crippen molar-refractivity contribution in [1.29, 1.82) is 0 Å². The molecule has 0 aliphatic rings. The lowest BCUT2D eigenvalue weighted by atomic mass is 10.2. The van der Waals surface area contributed by atoms with E-state index in [2.05, 4.69) is 20.5 Å². The molecule has 0 amide bonds. The minimum atomic E-state index is -0.208. The Labute approximate surface area is 75.8 Å². The lowest BCUT2D eigenvalue weighted by Crippen LogP contribution is -2.32. The maximum absolute atomic E-state index is 11.0. The van der Waals surface area contributed by atoms with E-state index in [0.717, 1.165) is 12.8 Å².